The molecule has 530 valence electrons. The first-order valence-corrected chi connectivity index (χ1v) is 35.7. The van der Waals surface area contributed by atoms with Crippen molar-refractivity contribution in [1.82, 2.24) is 40.0 Å². The van der Waals surface area contributed by atoms with E-state index in [9.17, 15) is 14.4 Å². The fraction of sp³-hybridized carbons (Fsp3) is 0.463. The normalized spacial score (nSPS) is 16.9. The van der Waals surface area contributed by atoms with E-state index in [1.54, 1.807) is 9.80 Å². The fourth-order valence-electron chi connectivity index (χ4n) is 12.0. The summed E-state index contributed by atoms with van der Waals surface area (Å²) in [7, 11) is 0.686. The van der Waals surface area contributed by atoms with Gasteiger partial charge >= 0.3 is 25.4 Å². The molecule has 5 aliphatic heterocycles. The van der Waals surface area contributed by atoms with Gasteiger partial charge in [0.05, 0.1) is 11.2 Å². The molecule has 17 nitrogen and oxygen atoms in total. The van der Waals surface area contributed by atoms with Crippen molar-refractivity contribution in [2.24, 2.45) is 0 Å². The third-order valence-corrected chi connectivity index (χ3v) is 18.3. The molecule has 3 amide bonds. The van der Waals surface area contributed by atoms with E-state index in [4.69, 9.17) is 28.6 Å². The summed E-state index contributed by atoms with van der Waals surface area (Å²) in [5.74, 6) is 1.13. The first-order valence-electron chi connectivity index (χ1n) is 34.9. The van der Waals surface area contributed by atoms with Crippen LogP contribution in [-0.2, 0) is 23.5 Å². The Kier molecular flexibility index (Phi) is 28.6. The fourth-order valence-corrected chi connectivity index (χ4v) is 12.5. The SMILES string of the molecule is Brc1cncc2ccccc12.CC.CC(C)(C)OC(=O)N1CC=C(B2OC(C)(C)C(C)(C)O2)CC1.CC(C)(C)OC(=O)N1CC=C(c2cncc3ccccc23)CC1.CC(C)(C)OC(=O)N1CCC(c2cncc3ccccc23)CC1.CO.c1ccc2c(C3CCNCC3)cncc2c1. The summed E-state index contributed by atoms with van der Waals surface area (Å²) in [4.78, 5) is 58.8. The van der Waals surface area contributed by atoms with E-state index in [0.29, 0.717) is 38.0 Å². The lowest BCUT2D eigenvalue weighted by molar-refractivity contribution is 0.00578. The average molecular weight is 1410 g/mol. The number of carbonyl (C=O) groups excluding carboxylic acids is 3. The van der Waals surface area contributed by atoms with Gasteiger partial charge < -0.3 is 48.6 Å². The number of amides is 3. The zero-order valence-electron chi connectivity index (χ0n) is 61.4. The van der Waals surface area contributed by atoms with Crippen LogP contribution in [0, 0.1) is 0 Å². The van der Waals surface area contributed by atoms with Gasteiger partial charge in [0.1, 0.15) is 16.8 Å². The minimum Gasteiger partial charge on any atom is -0.444 e. The number of pyridine rings is 4. The van der Waals surface area contributed by atoms with Crippen molar-refractivity contribution in [1.29, 1.82) is 0 Å². The Bertz CT molecular complexity index is 3960. The number of nitrogens with zero attached hydrogens (tertiary/aromatic N) is 7. The van der Waals surface area contributed by atoms with Gasteiger partial charge in [0.2, 0.25) is 0 Å². The third kappa shape index (κ3) is 22.6. The van der Waals surface area contributed by atoms with Crippen LogP contribution in [0.5, 0.6) is 0 Å². The standard InChI is InChI=1S/C19H24N2O2.C19H22N2O2.C16H28BNO4.C14H16N2.C9H6BrN.C2H6.CH4O/c2*1-19(2,3)23-18(22)21-10-8-14(9-11-21)17-13-20-12-15-6-4-5-7-16(15)17;1-14(2,3)20-13(19)18-10-8-12(9-11-18)17-21-15(4,5)16(6,7)22-17;1-2-4-13-12(3-1)9-16-10-14(13)11-5-7-15-8-6-11;10-9-6-11-5-7-3-1-2-4-8(7)9;2*1-2/h4-7,12-14H,8-11H2,1-3H3;4-8,12-13H,9-11H2,1-3H3;8H,9-11H2,1-7H3;1-4,9-11,15H,5-8H2;1-6H;1-2H3;2H,1H3. The van der Waals surface area contributed by atoms with E-state index in [2.05, 4.69) is 114 Å². The van der Waals surface area contributed by atoms with Gasteiger partial charge in [0.15, 0.2) is 0 Å². The van der Waals surface area contributed by atoms with Gasteiger partial charge in [-0.1, -0.05) is 123 Å². The molecule has 13 rings (SSSR count). The summed E-state index contributed by atoms with van der Waals surface area (Å²) in [6.45, 7) is 35.3. The molecule has 0 spiro atoms. The number of halogens is 1. The average Bonchev–Trinajstić information content (AvgIpc) is 1.65. The molecular formula is C80H106BBrN8O9. The summed E-state index contributed by atoms with van der Waals surface area (Å²) in [6.07, 6.45) is 24.7. The Hall–Kier alpha value is -7.81. The third-order valence-electron chi connectivity index (χ3n) is 17.7. The molecule has 0 unspecified atom stereocenters. The summed E-state index contributed by atoms with van der Waals surface area (Å²) < 4.78 is 29.5. The van der Waals surface area contributed by atoms with Crippen LogP contribution >= 0.6 is 15.9 Å². The van der Waals surface area contributed by atoms with E-state index in [1.165, 1.54) is 67.2 Å². The number of ether oxygens (including phenoxy) is 3. The number of likely N-dealkylation sites (tertiary alicyclic amines) is 1. The van der Waals surface area contributed by atoms with Crippen LogP contribution in [0.25, 0.3) is 48.7 Å². The van der Waals surface area contributed by atoms with Crippen LogP contribution < -0.4 is 5.32 Å². The maximum absolute atomic E-state index is 12.2. The van der Waals surface area contributed by atoms with Crippen molar-refractivity contribution in [2.75, 3.05) is 59.5 Å². The second kappa shape index (κ2) is 36.0. The summed E-state index contributed by atoms with van der Waals surface area (Å²) in [5, 5.41) is 20.2. The van der Waals surface area contributed by atoms with E-state index in [1.807, 2.05) is 195 Å². The molecule has 0 bridgehead atoms. The molecule has 0 atom stereocenters. The number of aromatic nitrogens is 4. The van der Waals surface area contributed by atoms with Crippen LogP contribution in [0.15, 0.2) is 169 Å². The van der Waals surface area contributed by atoms with Crippen LogP contribution in [-0.4, -0.2) is 153 Å². The Morgan fingerprint density at radius 1 is 0.495 bits per heavy atom. The number of benzene rings is 4. The van der Waals surface area contributed by atoms with Crippen molar-refractivity contribution >= 4 is 90.0 Å². The van der Waals surface area contributed by atoms with Gasteiger partial charge in [0.25, 0.3) is 0 Å². The summed E-state index contributed by atoms with van der Waals surface area (Å²) >= 11 is 3.43. The Labute approximate surface area is 596 Å². The van der Waals surface area contributed by atoms with Crippen LogP contribution in [0.1, 0.15) is 171 Å². The topological polar surface area (TPSA) is 191 Å². The number of rotatable bonds is 4. The molecule has 5 aliphatic rings. The lowest BCUT2D eigenvalue weighted by Crippen LogP contribution is -2.41. The predicted octanol–water partition coefficient (Wildman–Crippen LogP) is 18.1. The molecule has 99 heavy (non-hydrogen) atoms. The molecule has 3 saturated heterocycles. The highest BCUT2D eigenvalue weighted by Gasteiger charge is 2.52. The molecular weight excluding hydrogens is 1310 g/mol. The first-order chi connectivity index (χ1) is 47.1. The zero-order chi connectivity index (χ0) is 72.1. The molecule has 3 fully saturated rings. The molecule has 8 aromatic rings. The number of fused-ring (bicyclic) bond motifs is 4. The number of hydrogen-bond donors (Lipinski definition) is 2. The largest absolute Gasteiger partial charge is 0.490 e. The van der Waals surface area contributed by atoms with Crippen molar-refractivity contribution in [3.63, 3.8) is 0 Å². The predicted molar refractivity (Wildman–Crippen MR) is 406 cm³/mol. The molecule has 19 heteroatoms. The molecule has 4 aromatic heterocycles. The van der Waals surface area contributed by atoms with Gasteiger partial charge in [-0.25, -0.2) is 14.4 Å². The highest BCUT2D eigenvalue weighted by Crippen LogP contribution is 2.40. The summed E-state index contributed by atoms with van der Waals surface area (Å²) in [5.41, 5.74) is 4.22. The number of aliphatic hydroxyl groups excluding tert-OH is 1. The number of nitrogens with one attached hydrogen (secondary N) is 1. The zero-order valence-corrected chi connectivity index (χ0v) is 63.0. The monoisotopic (exact) mass is 1410 g/mol. The van der Waals surface area contributed by atoms with E-state index >= 15 is 0 Å². The number of carbonyl (C=O) groups is 3. The lowest BCUT2D eigenvalue weighted by Gasteiger charge is -2.33. The van der Waals surface area contributed by atoms with Crippen molar-refractivity contribution in [2.45, 2.75) is 182 Å². The van der Waals surface area contributed by atoms with Crippen LogP contribution in [0.4, 0.5) is 14.4 Å². The maximum atomic E-state index is 12.2. The van der Waals surface area contributed by atoms with Gasteiger partial charge in [-0.15, -0.1) is 0 Å². The van der Waals surface area contributed by atoms with Crippen LogP contribution in [0.3, 0.4) is 0 Å². The molecule has 0 saturated carbocycles. The highest BCUT2D eigenvalue weighted by atomic mass is 79.9. The maximum Gasteiger partial charge on any atom is 0.490 e. The molecule has 9 heterocycles. The van der Waals surface area contributed by atoms with Crippen molar-refractivity contribution < 1.29 is 43.0 Å². The summed E-state index contributed by atoms with van der Waals surface area (Å²) in [6, 6.07) is 33.3. The first kappa shape index (κ1) is 78.5. The Balaban J connectivity index is 0.000000175. The second-order valence-corrected chi connectivity index (χ2v) is 29.7. The van der Waals surface area contributed by atoms with Gasteiger partial charge in [-0.2, -0.15) is 0 Å². The molecule has 0 radical (unpaired) electrons. The minimum absolute atomic E-state index is 0.202. The van der Waals surface area contributed by atoms with Gasteiger partial charge in [-0.05, 0) is 213 Å². The minimum atomic E-state index is -0.465. The Morgan fingerprint density at radius 2 is 0.869 bits per heavy atom. The number of piperidine rings is 2. The van der Waals surface area contributed by atoms with E-state index in [0.717, 1.165) is 79.9 Å². The van der Waals surface area contributed by atoms with Crippen LogP contribution in [0.2, 0.25) is 0 Å². The number of aliphatic hydroxyl groups is 1. The van der Waals surface area contributed by atoms with Crippen molar-refractivity contribution in [3.8, 4) is 0 Å². The highest BCUT2D eigenvalue weighted by molar-refractivity contribution is 9.10. The number of hydrogen-bond acceptors (Lipinski definition) is 14. The van der Waals surface area contributed by atoms with Gasteiger partial charge in [0, 0.05) is 128 Å². The lowest BCUT2D eigenvalue weighted by atomic mass is 9.75. The van der Waals surface area contributed by atoms with Gasteiger partial charge in [-0.3, -0.25) is 19.9 Å². The Morgan fingerprint density at radius 3 is 1.29 bits per heavy atom. The molecule has 2 N–H and O–H groups in total. The van der Waals surface area contributed by atoms with Crippen molar-refractivity contribution in [3.05, 3.63) is 185 Å². The second-order valence-electron chi connectivity index (χ2n) is 28.9. The van der Waals surface area contributed by atoms with E-state index < -0.39 is 16.8 Å². The molecule has 0 aliphatic carbocycles. The molecule has 4 aromatic carbocycles. The van der Waals surface area contributed by atoms with E-state index in [-0.39, 0.29) is 36.6 Å². The quantitative estimate of drug-likeness (QED) is 0.125. The smallest absolute Gasteiger partial charge is 0.444 e.